The molecule has 0 bridgehead atoms. The van der Waals surface area contributed by atoms with Gasteiger partial charge >= 0.3 is 0 Å². The molecule has 0 fully saturated rings. The van der Waals surface area contributed by atoms with E-state index in [1.807, 2.05) is 0 Å². The Morgan fingerprint density at radius 3 is 2.47 bits per heavy atom. The highest BCUT2D eigenvalue weighted by atomic mass is 16.5. The van der Waals surface area contributed by atoms with Gasteiger partial charge < -0.3 is 10.5 Å². The van der Waals surface area contributed by atoms with Crippen molar-refractivity contribution in [2.45, 2.75) is 38.9 Å². The summed E-state index contributed by atoms with van der Waals surface area (Å²) in [5.41, 5.74) is 5.46. The number of ether oxygens (including phenoxy) is 1. The van der Waals surface area contributed by atoms with Gasteiger partial charge in [0.25, 0.3) is 0 Å². The first-order valence-corrected chi connectivity index (χ1v) is 5.22. The van der Waals surface area contributed by atoms with E-state index < -0.39 is 0 Å². The van der Waals surface area contributed by atoms with Crippen molar-refractivity contribution in [2.24, 2.45) is 12.8 Å². The SMILES string of the molecule is CCC(CC)(CN)OCc1nnn(C)n1. The molecule has 15 heavy (non-hydrogen) atoms. The molecule has 0 aliphatic carbocycles. The van der Waals surface area contributed by atoms with Gasteiger partial charge in [0.05, 0.1) is 12.6 Å². The molecule has 0 aliphatic heterocycles. The van der Waals surface area contributed by atoms with Crippen molar-refractivity contribution >= 4 is 0 Å². The summed E-state index contributed by atoms with van der Waals surface area (Å²) in [6.45, 7) is 5.02. The monoisotopic (exact) mass is 213 g/mol. The molecule has 0 spiro atoms. The Bertz CT molecular complexity index is 286. The van der Waals surface area contributed by atoms with Crippen LogP contribution in [-0.2, 0) is 18.4 Å². The molecule has 2 N–H and O–H groups in total. The molecule has 0 amide bonds. The molecule has 1 aromatic rings. The summed E-state index contributed by atoms with van der Waals surface area (Å²) in [6, 6.07) is 0. The predicted molar refractivity (Wildman–Crippen MR) is 56.0 cm³/mol. The van der Waals surface area contributed by atoms with Crippen molar-refractivity contribution in [1.82, 2.24) is 20.2 Å². The highest BCUT2D eigenvalue weighted by molar-refractivity contribution is 4.81. The number of aromatic nitrogens is 4. The maximum absolute atomic E-state index is 5.77. The van der Waals surface area contributed by atoms with Crippen LogP contribution in [0.1, 0.15) is 32.5 Å². The molecule has 0 radical (unpaired) electrons. The number of rotatable bonds is 6. The summed E-state index contributed by atoms with van der Waals surface area (Å²) < 4.78 is 5.77. The lowest BCUT2D eigenvalue weighted by molar-refractivity contribution is -0.0579. The van der Waals surface area contributed by atoms with E-state index in [4.69, 9.17) is 10.5 Å². The van der Waals surface area contributed by atoms with Crippen molar-refractivity contribution < 1.29 is 4.74 Å². The minimum atomic E-state index is -0.251. The smallest absolute Gasteiger partial charge is 0.200 e. The van der Waals surface area contributed by atoms with Gasteiger partial charge in [-0.2, -0.15) is 4.80 Å². The van der Waals surface area contributed by atoms with Gasteiger partial charge in [0, 0.05) is 6.54 Å². The van der Waals surface area contributed by atoms with Gasteiger partial charge in [0.2, 0.25) is 0 Å². The molecule has 0 unspecified atom stereocenters. The topological polar surface area (TPSA) is 78.9 Å². The van der Waals surface area contributed by atoms with Crippen LogP contribution in [-0.4, -0.2) is 32.4 Å². The van der Waals surface area contributed by atoms with Gasteiger partial charge in [-0.25, -0.2) is 0 Å². The Kier molecular flexibility index (Phi) is 4.16. The molecule has 0 atom stereocenters. The number of hydrogen-bond donors (Lipinski definition) is 1. The van der Waals surface area contributed by atoms with E-state index in [-0.39, 0.29) is 5.60 Å². The van der Waals surface area contributed by atoms with Crippen LogP contribution in [0.4, 0.5) is 0 Å². The molecule has 0 saturated carbocycles. The Balaban J connectivity index is 2.54. The minimum absolute atomic E-state index is 0.251. The first-order valence-electron chi connectivity index (χ1n) is 5.22. The van der Waals surface area contributed by atoms with Crippen molar-refractivity contribution in [1.29, 1.82) is 0 Å². The lowest BCUT2D eigenvalue weighted by Gasteiger charge is -2.29. The fourth-order valence-electron chi connectivity index (χ4n) is 1.40. The van der Waals surface area contributed by atoms with E-state index in [1.165, 1.54) is 4.80 Å². The molecule has 1 aromatic heterocycles. The zero-order valence-corrected chi connectivity index (χ0v) is 9.60. The van der Waals surface area contributed by atoms with Gasteiger partial charge in [-0.05, 0) is 18.1 Å². The third-order valence-electron chi connectivity index (χ3n) is 2.72. The van der Waals surface area contributed by atoms with Crippen molar-refractivity contribution in [3.8, 4) is 0 Å². The van der Waals surface area contributed by atoms with Crippen LogP contribution in [0.3, 0.4) is 0 Å². The van der Waals surface area contributed by atoms with Crippen LogP contribution >= 0.6 is 0 Å². The molecular weight excluding hydrogens is 194 g/mol. The summed E-state index contributed by atoms with van der Waals surface area (Å²) in [5, 5.41) is 11.6. The summed E-state index contributed by atoms with van der Waals surface area (Å²) in [6.07, 6.45) is 1.78. The Hall–Kier alpha value is -1.01. The molecule has 0 aliphatic rings. The van der Waals surface area contributed by atoms with Crippen molar-refractivity contribution in [2.75, 3.05) is 6.54 Å². The fourth-order valence-corrected chi connectivity index (χ4v) is 1.40. The van der Waals surface area contributed by atoms with Crippen molar-refractivity contribution in [3.05, 3.63) is 5.82 Å². The largest absolute Gasteiger partial charge is 0.366 e. The molecule has 1 heterocycles. The van der Waals surface area contributed by atoms with Crippen LogP contribution in [0.15, 0.2) is 0 Å². The van der Waals surface area contributed by atoms with Gasteiger partial charge in [-0.3, -0.25) is 0 Å². The summed E-state index contributed by atoms with van der Waals surface area (Å²) in [5.74, 6) is 0.595. The minimum Gasteiger partial charge on any atom is -0.366 e. The second-order valence-electron chi connectivity index (χ2n) is 3.58. The normalized spacial score (nSPS) is 12.0. The Morgan fingerprint density at radius 2 is 2.07 bits per heavy atom. The molecule has 6 nitrogen and oxygen atoms in total. The van der Waals surface area contributed by atoms with Gasteiger partial charge in [0.1, 0.15) is 6.61 Å². The number of nitrogens with zero attached hydrogens (tertiary/aromatic N) is 4. The second-order valence-corrected chi connectivity index (χ2v) is 3.58. The third kappa shape index (κ3) is 2.97. The quantitative estimate of drug-likeness (QED) is 0.732. The third-order valence-corrected chi connectivity index (χ3v) is 2.72. The maximum Gasteiger partial charge on any atom is 0.200 e. The van der Waals surface area contributed by atoms with Crippen LogP contribution < -0.4 is 5.73 Å². The zero-order valence-electron chi connectivity index (χ0n) is 9.60. The fraction of sp³-hybridized carbons (Fsp3) is 0.889. The average Bonchev–Trinajstić information content (AvgIpc) is 2.67. The molecule has 0 aromatic carbocycles. The van der Waals surface area contributed by atoms with Crippen LogP contribution in [0.2, 0.25) is 0 Å². The first-order chi connectivity index (χ1) is 7.15. The average molecular weight is 213 g/mol. The Morgan fingerprint density at radius 1 is 1.40 bits per heavy atom. The lowest BCUT2D eigenvalue weighted by Crippen LogP contribution is -2.39. The lowest BCUT2D eigenvalue weighted by atomic mass is 9.97. The molecule has 6 heteroatoms. The van der Waals surface area contributed by atoms with E-state index in [9.17, 15) is 0 Å². The maximum atomic E-state index is 5.77. The van der Waals surface area contributed by atoms with Gasteiger partial charge in [0.15, 0.2) is 5.82 Å². The Labute approximate surface area is 89.8 Å². The highest BCUT2D eigenvalue weighted by Gasteiger charge is 2.25. The van der Waals surface area contributed by atoms with E-state index >= 15 is 0 Å². The zero-order chi connectivity index (χ0) is 11.3. The van der Waals surface area contributed by atoms with Gasteiger partial charge in [-0.15, -0.1) is 10.2 Å². The number of hydrogen-bond acceptors (Lipinski definition) is 5. The standard InChI is InChI=1S/C9H19N5O/c1-4-9(5-2,7-10)15-6-8-11-13-14(3)12-8/h4-7,10H2,1-3H3. The number of tetrazole rings is 1. The number of aryl methyl sites for hydroxylation is 1. The van der Waals surface area contributed by atoms with Crippen LogP contribution in [0.5, 0.6) is 0 Å². The van der Waals surface area contributed by atoms with E-state index in [2.05, 4.69) is 29.3 Å². The van der Waals surface area contributed by atoms with Crippen LogP contribution in [0.25, 0.3) is 0 Å². The first kappa shape index (κ1) is 12.1. The highest BCUT2D eigenvalue weighted by Crippen LogP contribution is 2.19. The summed E-state index contributed by atoms with van der Waals surface area (Å²) in [4.78, 5) is 1.42. The molecule has 86 valence electrons. The molecule has 1 rings (SSSR count). The molecule has 0 saturated heterocycles. The number of nitrogens with two attached hydrogens (primary N) is 1. The summed E-state index contributed by atoms with van der Waals surface area (Å²) in [7, 11) is 1.73. The van der Waals surface area contributed by atoms with E-state index in [0.29, 0.717) is 19.0 Å². The molecular formula is C9H19N5O. The van der Waals surface area contributed by atoms with E-state index in [0.717, 1.165) is 12.8 Å². The summed E-state index contributed by atoms with van der Waals surface area (Å²) >= 11 is 0. The van der Waals surface area contributed by atoms with Crippen LogP contribution in [0, 0.1) is 0 Å². The van der Waals surface area contributed by atoms with E-state index in [1.54, 1.807) is 7.05 Å². The second kappa shape index (κ2) is 5.18. The van der Waals surface area contributed by atoms with Crippen molar-refractivity contribution in [3.63, 3.8) is 0 Å². The predicted octanol–water partition coefficient (Wildman–Crippen LogP) is 0.244. The van der Waals surface area contributed by atoms with Gasteiger partial charge in [-0.1, -0.05) is 13.8 Å².